The molecule has 5 heteroatoms. The zero-order valence-corrected chi connectivity index (χ0v) is 13.1. The number of benzene rings is 1. The van der Waals surface area contributed by atoms with E-state index in [1.165, 1.54) is 0 Å². The monoisotopic (exact) mass is 334 g/mol. The van der Waals surface area contributed by atoms with Gasteiger partial charge in [-0.15, -0.1) is 0 Å². The molecule has 3 nitrogen and oxygen atoms in total. The number of hydrogen-bond donors (Lipinski definition) is 2. The minimum atomic E-state index is 0.0635. The van der Waals surface area contributed by atoms with Gasteiger partial charge in [-0.05, 0) is 37.5 Å². The fourth-order valence-electron chi connectivity index (χ4n) is 1.95. The van der Waals surface area contributed by atoms with Gasteiger partial charge in [-0.2, -0.15) is 0 Å². The van der Waals surface area contributed by atoms with Gasteiger partial charge in [-0.25, -0.2) is 0 Å². The zero-order valence-electron chi connectivity index (χ0n) is 10.7. The van der Waals surface area contributed by atoms with Crippen molar-refractivity contribution in [3.05, 3.63) is 33.3 Å². The highest BCUT2D eigenvalue weighted by Crippen LogP contribution is 2.23. The normalized spacial score (nSPS) is 14.5. The maximum absolute atomic E-state index is 6.22. The predicted molar refractivity (Wildman–Crippen MR) is 79.7 cm³/mol. The Bertz CT molecular complexity index is 376. The van der Waals surface area contributed by atoms with E-state index in [2.05, 4.69) is 28.3 Å². The van der Waals surface area contributed by atoms with Gasteiger partial charge in [0.25, 0.3) is 0 Å². The summed E-state index contributed by atoms with van der Waals surface area (Å²) in [5.41, 5.74) is 3.90. The zero-order chi connectivity index (χ0) is 13.5. The van der Waals surface area contributed by atoms with Gasteiger partial charge >= 0.3 is 0 Å². The lowest BCUT2D eigenvalue weighted by Gasteiger charge is -2.25. The maximum Gasteiger partial charge on any atom is 0.0741 e. The molecule has 18 heavy (non-hydrogen) atoms. The summed E-state index contributed by atoms with van der Waals surface area (Å²) in [5, 5.41) is 0.746. The lowest BCUT2D eigenvalue weighted by Crippen LogP contribution is -2.46. The van der Waals surface area contributed by atoms with Gasteiger partial charge in [-0.3, -0.25) is 11.3 Å². The first kappa shape index (κ1) is 15.9. The molecule has 3 N–H and O–H groups in total. The second kappa shape index (κ2) is 8.12. The van der Waals surface area contributed by atoms with Crippen LogP contribution in [0.4, 0.5) is 0 Å². The Morgan fingerprint density at radius 1 is 1.44 bits per heavy atom. The van der Waals surface area contributed by atoms with Crippen molar-refractivity contribution < 1.29 is 4.74 Å². The van der Waals surface area contributed by atoms with Crippen molar-refractivity contribution in [2.24, 2.45) is 5.84 Å². The van der Waals surface area contributed by atoms with Crippen molar-refractivity contribution in [2.45, 2.75) is 38.8 Å². The number of nitrogens with one attached hydrogen (secondary N) is 1. The standard InChI is InChI=1S/C13H20BrClN2O/c1-3-13(18-4-2)12(17-16)7-9-5-6-10(14)8-11(9)15/h5-6,8,12-13,17H,3-4,7,16H2,1-2H3. The first-order chi connectivity index (χ1) is 8.62. The Labute approximate surface area is 122 Å². The molecule has 0 fully saturated rings. The van der Waals surface area contributed by atoms with Crippen LogP contribution in [-0.4, -0.2) is 18.8 Å². The highest BCUT2D eigenvalue weighted by Gasteiger charge is 2.20. The molecule has 0 aliphatic carbocycles. The number of hydrogen-bond acceptors (Lipinski definition) is 3. The lowest BCUT2D eigenvalue weighted by atomic mass is 10.00. The minimum Gasteiger partial charge on any atom is -0.377 e. The van der Waals surface area contributed by atoms with E-state index in [1.54, 1.807) is 0 Å². The molecule has 0 saturated heterocycles. The third kappa shape index (κ3) is 4.52. The molecular weight excluding hydrogens is 316 g/mol. The fraction of sp³-hybridized carbons (Fsp3) is 0.538. The van der Waals surface area contributed by atoms with Crippen LogP contribution in [0.3, 0.4) is 0 Å². The molecule has 0 amide bonds. The summed E-state index contributed by atoms with van der Waals surface area (Å²) in [6.45, 7) is 4.77. The number of nitrogens with two attached hydrogens (primary N) is 1. The van der Waals surface area contributed by atoms with Crippen LogP contribution in [-0.2, 0) is 11.2 Å². The summed E-state index contributed by atoms with van der Waals surface area (Å²) in [4.78, 5) is 0. The summed E-state index contributed by atoms with van der Waals surface area (Å²) in [5.74, 6) is 5.62. The second-order valence-electron chi connectivity index (χ2n) is 4.12. The quantitative estimate of drug-likeness (QED) is 0.594. The van der Waals surface area contributed by atoms with Crippen molar-refractivity contribution in [2.75, 3.05) is 6.61 Å². The average Bonchev–Trinajstić information content (AvgIpc) is 2.36. The van der Waals surface area contributed by atoms with Crippen LogP contribution in [0.15, 0.2) is 22.7 Å². The van der Waals surface area contributed by atoms with Gasteiger partial charge in [-0.1, -0.05) is 40.5 Å². The Morgan fingerprint density at radius 2 is 2.17 bits per heavy atom. The van der Waals surface area contributed by atoms with Gasteiger partial charge in [0.15, 0.2) is 0 Å². The van der Waals surface area contributed by atoms with Gasteiger partial charge in [0, 0.05) is 16.1 Å². The van der Waals surface area contributed by atoms with E-state index in [-0.39, 0.29) is 12.1 Å². The van der Waals surface area contributed by atoms with Crippen LogP contribution in [0.5, 0.6) is 0 Å². The summed E-state index contributed by atoms with van der Waals surface area (Å²) >= 11 is 9.61. The van der Waals surface area contributed by atoms with Crippen LogP contribution in [0, 0.1) is 0 Å². The SMILES string of the molecule is CCOC(CC)C(Cc1ccc(Br)cc1Cl)NN. The van der Waals surface area contributed by atoms with Crippen molar-refractivity contribution >= 4 is 27.5 Å². The Morgan fingerprint density at radius 3 is 2.67 bits per heavy atom. The topological polar surface area (TPSA) is 47.3 Å². The Balaban J connectivity index is 2.78. The number of hydrazine groups is 1. The molecule has 0 aliphatic rings. The largest absolute Gasteiger partial charge is 0.377 e. The van der Waals surface area contributed by atoms with Gasteiger partial charge in [0.1, 0.15) is 0 Å². The van der Waals surface area contributed by atoms with Crippen molar-refractivity contribution in [3.8, 4) is 0 Å². The van der Waals surface area contributed by atoms with Gasteiger partial charge < -0.3 is 4.74 Å². The maximum atomic E-state index is 6.22. The predicted octanol–water partition coefficient (Wildman–Crippen LogP) is 3.29. The van der Waals surface area contributed by atoms with Crippen LogP contribution < -0.4 is 11.3 Å². The fourth-order valence-corrected chi connectivity index (χ4v) is 2.71. The van der Waals surface area contributed by atoms with E-state index >= 15 is 0 Å². The number of rotatable bonds is 7. The summed E-state index contributed by atoms with van der Waals surface area (Å²) < 4.78 is 6.66. The molecule has 0 spiro atoms. The minimum absolute atomic E-state index is 0.0635. The van der Waals surface area contributed by atoms with Crippen LogP contribution >= 0.6 is 27.5 Å². The van der Waals surface area contributed by atoms with Crippen molar-refractivity contribution in [1.82, 2.24) is 5.43 Å². The van der Waals surface area contributed by atoms with Crippen molar-refractivity contribution in [1.29, 1.82) is 0 Å². The van der Waals surface area contributed by atoms with Gasteiger partial charge in [0.05, 0.1) is 12.1 Å². The molecule has 2 unspecified atom stereocenters. The Kier molecular flexibility index (Phi) is 7.19. The molecule has 1 aromatic rings. The molecule has 2 atom stereocenters. The molecule has 1 aromatic carbocycles. The third-order valence-electron chi connectivity index (χ3n) is 2.90. The van der Waals surface area contributed by atoms with E-state index in [4.69, 9.17) is 22.2 Å². The van der Waals surface area contributed by atoms with Gasteiger partial charge in [0.2, 0.25) is 0 Å². The second-order valence-corrected chi connectivity index (χ2v) is 5.44. The van der Waals surface area contributed by atoms with Crippen LogP contribution in [0.25, 0.3) is 0 Å². The third-order valence-corrected chi connectivity index (χ3v) is 3.75. The number of ether oxygens (including phenoxy) is 1. The molecule has 0 aliphatic heterocycles. The molecule has 0 saturated carbocycles. The highest BCUT2D eigenvalue weighted by atomic mass is 79.9. The highest BCUT2D eigenvalue weighted by molar-refractivity contribution is 9.10. The van der Waals surface area contributed by atoms with Crippen molar-refractivity contribution in [3.63, 3.8) is 0 Å². The Hall–Kier alpha value is -0.130. The van der Waals surface area contributed by atoms with E-state index < -0.39 is 0 Å². The first-order valence-electron chi connectivity index (χ1n) is 6.14. The van der Waals surface area contributed by atoms with E-state index in [0.29, 0.717) is 6.61 Å². The molecule has 1 rings (SSSR count). The molecule has 102 valence electrons. The molecule has 0 radical (unpaired) electrons. The molecule has 0 heterocycles. The molecule has 0 bridgehead atoms. The number of halogens is 2. The summed E-state index contributed by atoms with van der Waals surface area (Å²) in [7, 11) is 0. The van der Waals surface area contributed by atoms with E-state index in [9.17, 15) is 0 Å². The van der Waals surface area contributed by atoms with E-state index in [1.807, 2.05) is 25.1 Å². The van der Waals surface area contributed by atoms with Crippen LogP contribution in [0.1, 0.15) is 25.8 Å². The summed E-state index contributed by atoms with van der Waals surface area (Å²) in [6.07, 6.45) is 1.76. The molecule has 0 aromatic heterocycles. The first-order valence-corrected chi connectivity index (χ1v) is 7.31. The van der Waals surface area contributed by atoms with Crippen LogP contribution in [0.2, 0.25) is 5.02 Å². The summed E-state index contributed by atoms with van der Waals surface area (Å²) in [6, 6.07) is 5.95. The smallest absolute Gasteiger partial charge is 0.0741 e. The molecular formula is C13H20BrClN2O. The average molecular weight is 336 g/mol. The lowest BCUT2D eigenvalue weighted by molar-refractivity contribution is 0.0319. The van der Waals surface area contributed by atoms with E-state index in [0.717, 1.165) is 27.9 Å².